The van der Waals surface area contributed by atoms with Crippen molar-refractivity contribution in [2.45, 2.75) is 236 Å². The summed E-state index contributed by atoms with van der Waals surface area (Å²) in [6.07, 6.45) is 4.36. The molecule has 23 nitrogen and oxygen atoms in total. The summed E-state index contributed by atoms with van der Waals surface area (Å²) < 4.78 is 0. The fourth-order valence-electron chi connectivity index (χ4n) is 11.5. The lowest BCUT2D eigenvalue weighted by Crippen LogP contribution is -2.63. The Bertz CT molecular complexity index is 2430. The summed E-state index contributed by atoms with van der Waals surface area (Å²) in [6, 6.07) is -12.2. The van der Waals surface area contributed by atoms with Gasteiger partial charge in [-0.3, -0.25) is 52.7 Å². The smallest absolute Gasteiger partial charge is 0.246 e. The fraction of sp³-hybridized carbons (Fsp3) is 0.803. The third-order valence-electron chi connectivity index (χ3n) is 17.7. The van der Waals surface area contributed by atoms with Crippen LogP contribution in [0.3, 0.4) is 0 Å². The average molecular weight is 1260 g/mol. The van der Waals surface area contributed by atoms with Gasteiger partial charge in [-0.1, -0.05) is 122 Å². The van der Waals surface area contributed by atoms with Crippen molar-refractivity contribution in [2.75, 3.05) is 70.0 Å². The van der Waals surface area contributed by atoms with Gasteiger partial charge in [-0.15, -0.1) is 0 Å². The van der Waals surface area contributed by atoms with Gasteiger partial charge in [-0.2, -0.15) is 0 Å². The molecule has 89 heavy (non-hydrogen) atoms. The van der Waals surface area contributed by atoms with Gasteiger partial charge in [0.2, 0.25) is 65.0 Å². The summed E-state index contributed by atoms with van der Waals surface area (Å²) in [4.78, 5) is 174. The molecule has 11 amide bonds. The number of amides is 11. The first kappa shape index (κ1) is 80.9. The maximum atomic E-state index is 15.3. The number of carbonyl (C=O) groups excluding carboxylic acids is 11. The van der Waals surface area contributed by atoms with Crippen LogP contribution in [0.4, 0.5) is 0 Å². The van der Waals surface area contributed by atoms with Crippen molar-refractivity contribution in [3.8, 4) is 0 Å². The third kappa shape index (κ3) is 22.1. The van der Waals surface area contributed by atoms with Crippen LogP contribution in [0.1, 0.15) is 169 Å². The van der Waals surface area contributed by atoms with Crippen LogP contribution in [0.15, 0.2) is 12.2 Å². The van der Waals surface area contributed by atoms with Gasteiger partial charge in [-0.25, -0.2) is 0 Å². The van der Waals surface area contributed by atoms with Crippen molar-refractivity contribution in [2.24, 2.45) is 41.4 Å². The first-order chi connectivity index (χ1) is 41.1. The Morgan fingerprint density at radius 1 is 0.472 bits per heavy atom. The highest BCUT2D eigenvalue weighted by Crippen LogP contribution is 2.26. The van der Waals surface area contributed by atoms with Crippen molar-refractivity contribution in [1.82, 2.24) is 54.7 Å². The van der Waals surface area contributed by atoms with Gasteiger partial charge in [0.25, 0.3) is 0 Å². The van der Waals surface area contributed by atoms with E-state index in [1.54, 1.807) is 54.5 Å². The molecule has 0 spiro atoms. The number of nitrogens with zero attached hydrogens (tertiary/aromatic N) is 9. The Morgan fingerprint density at radius 3 is 1.35 bits per heavy atom. The molecule has 0 aromatic heterocycles. The van der Waals surface area contributed by atoms with E-state index in [1.165, 1.54) is 112 Å². The minimum absolute atomic E-state index is 0.0238. The average Bonchev–Trinajstić information content (AvgIpc) is 1.75. The summed E-state index contributed by atoms with van der Waals surface area (Å²) in [6.45, 7) is 30.0. The minimum atomic E-state index is -1.61. The molecule has 3 N–H and O–H groups in total. The second kappa shape index (κ2) is 36.6. The SMILES string of the molecule is C/C=C/CC(C)C(O)C1C(=O)NC(CC)C(=O)N(C)CC(=O)N(C)C(CC(C)C)C(=O)NC(C(C)C)C(=O)N(C)C(CC(C)C)C(=O)N(C)C(C)C(=O)N(C)C(C)C(=O)N(C)C(CCCC(C)C)C(=O)N(C)C(CC(C)C)C(=O)N(C)C(C(C)C)C(=O)N1C. The highest BCUT2D eigenvalue weighted by atomic mass is 16.3. The maximum absolute atomic E-state index is 15.3. The number of hydrogen-bond donors (Lipinski definition) is 3. The molecule has 1 aliphatic rings. The highest BCUT2D eigenvalue weighted by Gasteiger charge is 2.46. The van der Waals surface area contributed by atoms with Crippen LogP contribution in [0.2, 0.25) is 0 Å². The van der Waals surface area contributed by atoms with Crippen LogP contribution in [-0.2, 0) is 52.7 Å². The first-order valence-electron chi connectivity index (χ1n) is 32.3. The molecule has 12 atom stereocenters. The number of carbonyl (C=O) groups is 11. The van der Waals surface area contributed by atoms with E-state index < -0.39 is 156 Å². The zero-order chi connectivity index (χ0) is 69.1. The maximum Gasteiger partial charge on any atom is 0.246 e. The Morgan fingerprint density at radius 2 is 0.899 bits per heavy atom. The van der Waals surface area contributed by atoms with E-state index in [1.807, 2.05) is 61.5 Å². The van der Waals surface area contributed by atoms with E-state index in [2.05, 4.69) is 10.6 Å². The molecular weight excluding hydrogens is 1140 g/mol. The lowest BCUT2D eigenvalue weighted by atomic mass is 9.91. The van der Waals surface area contributed by atoms with Crippen molar-refractivity contribution in [1.29, 1.82) is 0 Å². The number of rotatable bonds is 17. The number of aliphatic hydroxyl groups is 1. The second-order valence-corrected chi connectivity index (χ2v) is 27.6. The molecule has 1 fully saturated rings. The molecule has 0 bridgehead atoms. The number of nitrogens with one attached hydrogen (secondary N) is 2. The van der Waals surface area contributed by atoms with E-state index >= 15 is 14.4 Å². The van der Waals surface area contributed by atoms with Crippen LogP contribution in [0, 0.1) is 41.4 Å². The molecule has 0 radical (unpaired) electrons. The number of likely N-dealkylation sites (N-methyl/N-ethyl adjacent to an activating group) is 9. The summed E-state index contributed by atoms with van der Waals surface area (Å²) in [5.41, 5.74) is 0. The summed E-state index contributed by atoms with van der Waals surface area (Å²) >= 11 is 0. The van der Waals surface area contributed by atoms with E-state index in [-0.39, 0.29) is 55.8 Å². The molecular formula is C66H119N11O12. The van der Waals surface area contributed by atoms with Crippen molar-refractivity contribution in [3.63, 3.8) is 0 Å². The fourth-order valence-corrected chi connectivity index (χ4v) is 11.5. The van der Waals surface area contributed by atoms with E-state index in [4.69, 9.17) is 0 Å². The largest absolute Gasteiger partial charge is 0.390 e. The molecule has 1 heterocycles. The Labute approximate surface area is 534 Å². The molecule has 0 saturated carbocycles. The molecule has 1 saturated heterocycles. The molecule has 1 aliphatic heterocycles. The second-order valence-electron chi connectivity index (χ2n) is 27.6. The number of aliphatic hydroxyl groups excluding tert-OH is 1. The van der Waals surface area contributed by atoms with Gasteiger partial charge in [0.15, 0.2) is 0 Å². The summed E-state index contributed by atoms with van der Waals surface area (Å²) in [5, 5.41) is 17.8. The lowest BCUT2D eigenvalue weighted by molar-refractivity contribution is -0.158. The lowest BCUT2D eigenvalue weighted by Gasteiger charge is -2.41. The van der Waals surface area contributed by atoms with Crippen molar-refractivity contribution < 1.29 is 57.8 Å². The van der Waals surface area contributed by atoms with Crippen LogP contribution in [0.25, 0.3) is 0 Å². The van der Waals surface area contributed by atoms with Crippen molar-refractivity contribution >= 4 is 65.0 Å². The van der Waals surface area contributed by atoms with Gasteiger partial charge in [-0.05, 0) is 101 Å². The van der Waals surface area contributed by atoms with Gasteiger partial charge >= 0.3 is 0 Å². The molecule has 0 aromatic carbocycles. The molecule has 0 aromatic rings. The monoisotopic (exact) mass is 1260 g/mol. The van der Waals surface area contributed by atoms with Gasteiger partial charge in [0.1, 0.15) is 60.4 Å². The molecule has 510 valence electrons. The topological polar surface area (TPSA) is 261 Å². The van der Waals surface area contributed by atoms with Crippen molar-refractivity contribution in [3.05, 3.63) is 12.2 Å². The molecule has 12 unspecified atom stereocenters. The zero-order valence-electron chi connectivity index (χ0n) is 59.4. The zero-order valence-corrected chi connectivity index (χ0v) is 59.4. The third-order valence-corrected chi connectivity index (χ3v) is 17.7. The number of allylic oxidation sites excluding steroid dienone is 2. The van der Waals surface area contributed by atoms with E-state index in [0.29, 0.717) is 19.3 Å². The molecule has 23 heteroatoms. The summed E-state index contributed by atoms with van der Waals surface area (Å²) in [7, 11) is 13.0. The quantitative estimate of drug-likeness (QED) is 0.167. The highest BCUT2D eigenvalue weighted by molar-refractivity contribution is 5.99. The van der Waals surface area contributed by atoms with Crippen LogP contribution in [0.5, 0.6) is 0 Å². The molecule has 1 rings (SSSR count). The van der Waals surface area contributed by atoms with Gasteiger partial charge in [0, 0.05) is 63.4 Å². The van der Waals surface area contributed by atoms with Gasteiger partial charge < -0.3 is 59.8 Å². The summed E-state index contributed by atoms with van der Waals surface area (Å²) in [5.74, 6) is -8.96. The van der Waals surface area contributed by atoms with Crippen LogP contribution in [-0.4, -0.2) is 251 Å². The van der Waals surface area contributed by atoms with E-state index in [0.717, 1.165) is 9.80 Å². The van der Waals surface area contributed by atoms with Crippen LogP contribution >= 0.6 is 0 Å². The molecule has 0 aliphatic carbocycles. The van der Waals surface area contributed by atoms with E-state index in [9.17, 15) is 43.5 Å². The first-order valence-corrected chi connectivity index (χ1v) is 32.3. The van der Waals surface area contributed by atoms with Crippen LogP contribution < -0.4 is 10.6 Å². The number of hydrogen-bond acceptors (Lipinski definition) is 12. The minimum Gasteiger partial charge on any atom is -0.390 e. The Hall–Kier alpha value is -6.13. The van der Waals surface area contributed by atoms with Gasteiger partial charge in [0.05, 0.1) is 12.6 Å². The Kier molecular flexibility index (Phi) is 33.3. The predicted molar refractivity (Wildman–Crippen MR) is 347 cm³/mol. The standard InChI is InChI=1S/C66H119N11O12/c1-27-29-32-44(15)56(79)55-58(81)67-47(28-2)61(84)69(18)37-52(78)72(21)49(34-39(5)6)57(80)68-53(42(11)12)65(88)75(24)50(35-40(7)8)63(86)71(20)45(16)59(82)70(19)46(17)60(83)73(22)48(33-30-31-38(3)4)62(85)74(23)51(36-41(9)10)64(87)76(25)54(43(13)14)66(89)77(55)26/h27,29,38-51,53-56,79H,28,30-37H2,1-26H3,(H,67,81)(H,68,80)/b29-27+. The Balaban J connectivity index is 4.45. The predicted octanol–water partition coefficient (Wildman–Crippen LogP) is 4.73. The normalized spacial score (nSPS) is 26.5.